The number of hydrogen-bond acceptors (Lipinski definition) is 5. The average molecular weight is 270 g/mol. The van der Waals surface area contributed by atoms with Gasteiger partial charge in [-0.15, -0.1) is 5.10 Å². The van der Waals surface area contributed by atoms with Crippen LogP contribution in [0, 0.1) is 5.92 Å². The lowest BCUT2D eigenvalue weighted by Crippen LogP contribution is -2.40. The van der Waals surface area contributed by atoms with Crippen molar-refractivity contribution < 1.29 is 15.0 Å². The highest BCUT2D eigenvalue weighted by Crippen LogP contribution is 2.14. The van der Waals surface area contributed by atoms with E-state index in [4.69, 9.17) is 5.11 Å². The Hall–Kier alpha value is -1.47. The fourth-order valence-electron chi connectivity index (χ4n) is 2.01. The fourth-order valence-corrected chi connectivity index (χ4v) is 2.01. The second-order valence-corrected chi connectivity index (χ2v) is 5.44. The lowest BCUT2D eigenvalue weighted by molar-refractivity contribution is 0.0385. The second-order valence-electron chi connectivity index (χ2n) is 5.44. The van der Waals surface area contributed by atoms with Crippen LogP contribution >= 0.6 is 0 Å². The van der Waals surface area contributed by atoms with Crippen LogP contribution in [0.4, 0.5) is 0 Å². The van der Waals surface area contributed by atoms with Crippen LogP contribution in [0.2, 0.25) is 0 Å². The van der Waals surface area contributed by atoms with E-state index in [2.05, 4.69) is 29.5 Å². The van der Waals surface area contributed by atoms with Crippen LogP contribution in [0.1, 0.15) is 37.7 Å². The molecule has 1 aromatic rings. The number of nitrogens with one attached hydrogen (secondary N) is 1. The molecule has 1 atom stereocenters. The van der Waals surface area contributed by atoms with Gasteiger partial charge in [0.2, 0.25) is 0 Å². The zero-order valence-corrected chi connectivity index (χ0v) is 11.6. The molecule has 0 amide bonds. The van der Waals surface area contributed by atoms with Crippen molar-refractivity contribution in [1.29, 1.82) is 0 Å². The van der Waals surface area contributed by atoms with Crippen LogP contribution < -0.4 is 5.32 Å². The van der Waals surface area contributed by atoms with Crippen LogP contribution in [0.3, 0.4) is 0 Å². The van der Waals surface area contributed by atoms with Crippen LogP contribution in [0.15, 0.2) is 6.20 Å². The topological polar surface area (TPSA) is 100 Å². The summed E-state index contributed by atoms with van der Waals surface area (Å²) >= 11 is 0. The first-order chi connectivity index (χ1) is 8.80. The van der Waals surface area contributed by atoms with E-state index < -0.39 is 11.6 Å². The Kier molecular flexibility index (Phi) is 5.44. The molecule has 1 rings (SSSR count). The van der Waals surface area contributed by atoms with Gasteiger partial charge in [-0.05, 0) is 19.3 Å². The van der Waals surface area contributed by atoms with E-state index >= 15 is 0 Å². The molecule has 1 aromatic heterocycles. The van der Waals surface area contributed by atoms with Gasteiger partial charge in [0.25, 0.3) is 0 Å². The summed E-state index contributed by atoms with van der Waals surface area (Å²) in [4.78, 5) is 10.6. The standard InChI is InChI=1S/C12H22N4O3/c1-9(2)6-12(3,19)8-13-4-5-16-7-10(11(17)18)14-15-16/h7,9,13,19H,4-6,8H2,1-3H3,(H,17,18). The van der Waals surface area contributed by atoms with Gasteiger partial charge in [0.05, 0.1) is 18.3 Å². The number of carboxylic acids is 1. The molecule has 0 spiro atoms. The Labute approximate surface area is 112 Å². The Balaban J connectivity index is 2.28. The minimum Gasteiger partial charge on any atom is -0.476 e. The summed E-state index contributed by atoms with van der Waals surface area (Å²) in [5.74, 6) is -0.649. The van der Waals surface area contributed by atoms with Crippen molar-refractivity contribution in [2.45, 2.75) is 39.3 Å². The maximum atomic E-state index is 10.6. The number of aromatic nitrogens is 3. The Morgan fingerprint density at radius 2 is 2.26 bits per heavy atom. The van der Waals surface area contributed by atoms with E-state index in [0.29, 0.717) is 25.6 Å². The molecule has 0 aliphatic heterocycles. The van der Waals surface area contributed by atoms with Crippen LogP contribution in [-0.2, 0) is 6.54 Å². The number of carboxylic acid groups (broad SMARTS) is 1. The molecule has 0 aliphatic rings. The molecule has 7 heteroatoms. The van der Waals surface area contributed by atoms with Crippen molar-refractivity contribution in [1.82, 2.24) is 20.3 Å². The summed E-state index contributed by atoms with van der Waals surface area (Å²) in [6.45, 7) is 7.53. The molecule has 0 radical (unpaired) electrons. The first-order valence-electron chi connectivity index (χ1n) is 6.37. The van der Waals surface area contributed by atoms with E-state index in [1.807, 2.05) is 0 Å². The smallest absolute Gasteiger partial charge is 0.358 e. The molecule has 19 heavy (non-hydrogen) atoms. The molecular formula is C12H22N4O3. The predicted molar refractivity (Wildman–Crippen MR) is 69.9 cm³/mol. The number of hydrogen-bond donors (Lipinski definition) is 3. The van der Waals surface area contributed by atoms with E-state index in [0.717, 1.165) is 6.42 Å². The van der Waals surface area contributed by atoms with E-state index in [-0.39, 0.29) is 5.69 Å². The summed E-state index contributed by atoms with van der Waals surface area (Å²) in [6, 6.07) is 0. The summed E-state index contributed by atoms with van der Waals surface area (Å²) in [5, 5.41) is 29.1. The summed E-state index contributed by atoms with van der Waals surface area (Å²) in [5.41, 5.74) is -0.797. The van der Waals surface area contributed by atoms with Crippen molar-refractivity contribution in [2.24, 2.45) is 5.92 Å². The Bertz CT molecular complexity index is 415. The Morgan fingerprint density at radius 1 is 1.58 bits per heavy atom. The third-order valence-electron chi connectivity index (χ3n) is 2.63. The molecule has 0 saturated carbocycles. The maximum absolute atomic E-state index is 10.6. The van der Waals surface area contributed by atoms with Crippen LogP contribution in [0.25, 0.3) is 0 Å². The third kappa shape index (κ3) is 5.80. The van der Waals surface area contributed by atoms with Gasteiger partial charge in [0.1, 0.15) is 0 Å². The molecule has 7 nitrogen and oxygen atoms in total. The first-order valence-corrected chi connectivity index (χ1v) is 6.37. The quantitative estimate of drug-likeness (QED) is 0.590. The first kappa shape index (κ1) is 15.6. The number of nitrogens with zero attached hydrogens (tertiary/aromatic N) is 3. The molecule has 0 bridgehead atoms. The highest BCUT2D eigenvalue weighted by molar-refractivity contribution is 5.84. The van der Waals surface area contributed by atoms with Crippen LogP contribution in [-0.4, -0.2) is 49.9 Å². The van der Waals surface area contributed by atoms with Crippen molar-refractivity contribution in [3.63, 3.8) is 0 Å². The Morgan fingerprint density at radius 3 is 2.79 bits per heavy atom. The minimum absolute atomic E-state index is 0.0631. The highest BCUT2D eigenvalue weighted by atomic mass is 16.4. The van der Waals surface area contributed by atoms with Gasteiger partial charge in [0.15, 0.2) is 5.69 Å². The minimum atomic E-state index is -1.08. The van der Waals surface area contributed by atoms with E-state index in [1.54, 1.807) is 6.92 Å². The molecule has 0 aromatic carbocycles. The van der Waals surface area contributed by atoms with Crippen molar-refractivity contribution >= 4 is 5.97 Å². The summed E-state index contributed by atoms with van der Waals surface area (Å²) in [6.07, 6.45) is 2.11. The van der Waals surface area contributed by atoms with E-state index in [9.17, 15) is 9.90 Å². The summed E-state index contributed by atoms with van der Waals surface area (Å²) < 4.78 is 1.47. The molecular weight excluding hydrogens is 248 g/mol. The van der Waals surface area contributed by atoms with Gasteiger partial charge < -0.3 is 15.5 Å². The van der Waals surface area contributed by atoms with Crippen molar-refractivity contribution in [2.75, 3.05) is 13.1 Å². The SMILES string of the molecule is CC(C)CC(C)(O)CNCCn1cc(C(=O)O)nn1. The van der Waals surface area contributed by atoms with Gasteiger partial charge in [-0.25, -0.2) is 4.79 Å². The molecule has 0 fully saturated rings. The molecule has 1 heterocycles. The average Bonchev–Trinajstić information content (AvgIpc) is 2.71. The monoisotopic (exact) mass is 270 g/mol. The normalized spacial score (nSPS) is 14.6. The molecule has 1 unspecified atom stereocenters. The molecule has 0 aliphatic carbocycles. The number of aliphatic hydroxyl groups is 1. The lowest BCUT2D eigenvalue weighted by Gasteiger charge is -2.25. The predicted octanol–water partition coefficient (Wildman–Crippen LogP) is 0.363. The zero-order valence-electron chi connectivity index (χ0n) is 11.6. The summed E-state index contributed by atoms with van der Waals surface area (Å²) in [7, 11) is 0. The van der Waals surface area contributed by atoms with Gasteiger partial charge in [-0.1, -0.05) is 19.1 Å². The van der Waals surface area contributed by atoms with Gasteiger partial charge in [0, 0.05) is 13.1 Å². The molecule has 0 saturated heterocycles. The van der Waals surface area contributed by atoms with Crippen LogP contribution in [0.5, 0.6) is 0 Å². The van der Waals surface area contributed by atoms with Gasteiger partial charge in [-0.3, -0.25) is 4.68 Å². The highest BCUT2D eigenvalue weighted by Gasteiger charge is 2.20. The number of carbonyl (C=O) groups is 1. The molecule has 3 N–H and O–H groups in total. The second kappa shape index (κ2) is 6.63. The number of rotatable bonds is 8. The lowest BCUT2D eigenvalue weighted by atomic mass is 9.94. The fraction of sp³-hybridized carbons (Fsp3) is 0.750. The van der Waals surface area contributed by atoms with Gasteiger partial charge in [-0.2, -0.15) is 0 Å². The molecule has 108 valence electrons. The van der Waals surface area contributed by atoms with Gasteiger partial charge >= 0.3 is 5.97 Å². The zero-order chi connectivity index (χ0) is 14.5. The maximum Gasteiger partial charge on any atom is 0.358 e. The third-order valence-corrected chi connectivity index (χ3v) is 2.63. The van der Waals surface area contributed by atoms with Crippen molar-refractivity contribution in [3.05, 3.63) is 11.9 Å². The largest absolute Gasteiger partial charge is 0.476 e. The number of aromatic carboxylic acids is 1. The van der Waals surface area contributed by atoms with Crippen molar-refractivity contribution in [3.8, 4) is 0 Å². The van der Waals surface area contributed by atoms with E-state index in [1.165, 1.54) is 10.9 Å².